The number of ether oxygens (including phenoxy) is 4. The number of hydrogen-bond donors (Lipinski definition) is 0. The summed E-state index contributed by atoms with van der Waals surface area (Å²) in [7, 11) is -2.90. The third-order valence-electron chi connectivity index (χ3n) is 6.21. The van der Waals surface area contributed by atoms with Crippen molar-refractivity contribution in [3.63, 3.8) is 0 Å². The fraction of sp³-hybridized carbons (Fsp3) is 0.519. The fourth-order valence-corrected chi connectivity index (χ4v) is 4.34. The molecule has 2 aromatic rings. The number of likely N-dealkylation sites (N-methyl/N-ethyl adjacent to an activating group) is 1. The van der Waals surface area contributed by atoms with Crippen LogP contribution in [0, 0.1) is 0 Å². The standard InChI is InChI=1S/C27H36N2O5/c1-28(17-21-11-20-14-25(33-4)26(34-5)16-22(20)21)8-6-9-29-10-7-18-12-23(31-2)24(32-3)13-19(18)15-27(29)30/h12-14,16,21H,6-11,15,17H2,1-5H3/i1D3,2D3,4D3,8D2,17D2. The largest absolute Gasteiger partial charge is 0.493 e. The molecular weight excluding hydrogens is 432 g/mol. The molecule has 0 fully saturated rings. The zero-order valence-electron chi connectivity index (χ0n) is 32.1. The second kappa shape index (κ2) is 10.6. The molecule has 1 unspecified atom stereocenters. The summed E-state index contributed by atoms with van der Waals surface area (Å²) < 4.78 is 125. The van der Waals surface area contributed by atoms with Gasteiger partial charge in [-0.05, 0) is 79.3 Å². The fourth-order valence-electron chi connectivity index (χ4n) is 4.34. The smallest absolute Gasteiger partial charge is 0.227 e. The number of methoxy groups -OCH3 is 4. The van der Waals surface area contributed by atoms with E-state index >= 15 is 0 Å². The molecule has 0 N–H and O–H groups in total. The molecule has 1 heterocycles. The van der Waals surface area contributed by atoms with Crippen LogP contribution >= 0.6 is 0 Å². The minimum Gasteiger partial charge on any atom is -0.493 e. The normalized spacial score (nSPS) is 24.6. The van der Waals surface area contributed by atoms with Crippen molar-refractivity contribution in [2.24, 2.45) is 0 Å². The third kappa shape index (κ3) is 4.94. The maximum absolute atomic E-state index is 13.2. The van der Waals surface area contributed by atoms with Crippen LogP contribution in [0.2, 0.25) is 0 Å². The van der Waals surface area contributed by atoms with Crippen molar-refractivity contribution in [2.75, 3.05) is 61.4 Å². The lowest BCUT2D eigenvalue weighted by Gasteiger charge is -2.34. The van der Waals surface area contributed by atoms with Crippen LogP contribution in [-0.2, 0) is 24.1 Å². The molecule has 1 aliphatic heterocycles. The van der Waals surface area contributed by atoms with Gasteiger partial charge in [0.2, 0.25) is 5.91 Å². The van der Waals surface area contributed by atoms with Crippen LogP contribution in [0.25, 0.3) is 0 Å². The predicted molar refractivity (Wildman–Crippen MR) is 132 cm³/mol. The zero-order valence-corrected chi connectivity index (χ0v) is 19.1. The van der Waals surface area contributed by atoms with E-state index in [1.807, 2.05) is 0 Å². The molecule has 0 saturated carbocycles. The molecule has 4 rings (SSSR count). The van der Waals surface area contributed by atoms with Gasteiger partial charge in [0, 0.05) is 35.1 Å². The van der Waals surface area contributed by atoms with Crippen LogP contribution in [0.15, 0.2) is 24.3 Å². The summed E-state index contributed by atoms with van der Waals surface area (Å²) in [5, 5.41) is 0. The molecule has 34 heavy (non-hydrogen) atoms. The van der Waals surface area contributed by atoms with Crippen molar-refractivity contribution in [1.29, 1.82) is 0 Å². The van der Waals surface area contributed by atoms with Crippen LogP contribution in [-0.4, -0.2) is 77.1 Å². The molecule has 0 spiro atoms. The first-order chi connectivity index (χ1) is 21.5. The number of rotatable bonds is 10. The Bertz CT molecular complexity index is 1490. The molecule has 1 atom stereocenters. The van der Waals surface area contributed by atoms with E-state index in [4.69, 9.17) is 36.8 Å². The number of benzene rings is 2. The molecule has 7 nitrogen and oxygen atoms in total. The van der Waals surface area contributed by atoms with E-state index in [0.717, 1.165) is 0 Å². The Kier molecular flexibility index (Phi) is 3.94. The van der Waals surface area contributed by atoms with Crippen molar-refractivity contribution >= 4 is 5.91 Å². The lowest BCUT2D eigenvalue weighted by molar-refractivity contribution is -0.130. The van der Waals surface area contributed by atoms with Gasteiger partial charge >= 0.3 is 0 Å². The second-order valence-electron chi connectivity index (χ2n) is 8.11. The van der Waals surface area contributed by atoms with Crippen LogP contribution in [0.5, 0.6) is 23.0 Å². The average molecular weight is 482 g/mol. The van der Waals surface area contributed by atoms with Crippen molar-refractivity contribution < 1.29 is 41.6 Å². The number of nitrogens with zero attached hydrogens (tertiary/aromatic N) is 2. The Labute approximate surface area is 220 Å². The van der Waals surface area contributed by atoms with Gasteiger partial charge in [-0.2, -0.15) is 0 Å². The Morgan fingerprint density at radius 2 is 1.68 bits per heavy atom. The van der Waals surface area contributed by atoms with Gasteiger partial charge in [-0.1, -0.05) is 0 Å². The van der Waals surface area contributed by atoms with Gasteiger partial charge in [0.15, 0.2) is 23.0 Å². The quantitative estimate of drug-likeness (QED) is 0.519. The van der Waals surface area contributed by atoms with Gasteiger partial charge in [0.25, 0.3) is 0 Å². The summed E-state index contributed by atoms with van der Waals surface area (Å²) in [4.78, 5) is 14.8. The minimum atomic E-state index is -3.23. The van der Waals surface area contributed by atoms with E-state index < -0.39 is 46.4 Å². The van der Waals surface area contributed by atoms with Crippen LogP contribution in [0.4, 0.5) is 0 Å². The highest BCUT2D eigenvalue weighted by Crippen LogP contribution is 2.42. The predicted octanol–water partition coefficient (Wildman–Crippen LogP) is 3.31. The number of amides is 1. The van der Waals surface area contributed by atoms with E-state index in [-0.39, 0.29) is 66.2 Å². The monoisotopic (exact) mass is 481 g/mol. The first-order valence-corrected chi connectivity index (χ1v) is 10.8. The van der Waals surface area contributed by atoms with E-state index in [2.05, 4.69) is 0 Å². The van der Waals surface area contributed by atoms with Gasteiger partial charge in [-0.3, -0.25) is 4.79 Å². The Morgan fingerprint density at radius 1 is 1.00 bits per heavy atom. The molecule has 184 valence electrons. The first-order valence-electron chi connectivity index (χ1n) is 17.3. The topological polar surface area (TPSA) is 60.5 Å². The van der Waals surface area contributed by atoms with Crippen molar-refractivity contribution in [3.05, 3.63) is 46.5 Å². The molecule has 2 aromatic carbocycles. The van der Waals surface area contributed by atoms with E-state index in [9.17, 15) is 4.79 Å². The van der Waals surface area contributed by atoms with Gasteiger partial charge in [-0.15, -0.1) is 0 Å². The summed E-state index contributed by atoms with van der Waals surface area (Å²) in [6, 6.07) is 5.77. The number of carbonyl (C=O) groups excluding carboxylic acids is 1. The number of hydrogen-bond acceptors (Lipinski definition) is 6. The Balaban J connectivity index is 1.54. The van der Waals surface area contributed by atoms with Crippen molar-refractivity contribution in [1.82, 2.24) is 9.80 Å². The van der Waals surface area contributed by atoms with Crippen molar-refractivity contribution in [3.8, 4) is 23.0 Å². The molecule has 0 aromatic heterocycles. The highest BCUT2D eigenvalue weighted by atomic mass is 16.5. The molecule has 0 saturated heterocycles. The summed E-state index contributed by atoms with van der Waals surface area (Å²) >= 11 is 0. The Hall–Kier alpha value is -2.93. The van der Waals surface area contributed by atoms with E-state index in [1.54, 1.807) is 0 Å². The highest BCUT2D eigenvalue weighted by Gasteiger charge is 2.29. The zero-order chi connectivity index (χ0) is 35.3. The SMILES string of the molecule is [2H]C([2H])([2H])Oc1cc2c(cc1OC)CC(=O)N(CCC([2H])([2H])N(C([2H])([2H])[2H])C([2H])([2H])C1Cc3cc(OC([2H])([2H])[2H])c(OC)cc31)CC2. The van der Waals surface area contributed by atoms with Crippen molar-refractivity contribution in [2.45, 2.75) is 31.6 Å². The molecular formula is C27H36N2O5. The average Bonchev–Trinajstić information content (AvgIpc) is 3.03. The molecule has 7 heteroatoms. The second-order valence-corrected chi connectivity index (χ2v) is 8.11. The van der Waals surface area contributed by atoms with E-state index in [0.29, 0.717) is 22.3 Å². The Morgan fingerprint density at radius 3 is 2.38 bits per heavy atom. The van der Waals surface area contributed by atoms with Crippen LogP contribution in [0.3, 0.4) is 0 Å². The van der Waals surface area contributed by atoms with E-state index in [1.165, 1.54) is 43.4 Å². The van der Waals surface area contributed by atoms with Crippen LogP contribution < -0.4 is 18.9 Å². The third-order valence-corrected chi connectivity index (χ3v) is 6.21. The minimum absolute atomic E-state index is 0.000740. The number of fused-ring (bicyclic) bond motifs is 2. The maximum atomic E-state index is 13.2. The highest BCUT2D eigenvalue weighted by molar-refractivity contribution is 5.80. The summed E-state index contributed by atoms with van der Waals surface area (Å²) in [6.07, 6.45) is -0.408. The van der Waals surface area contributed by atoms with Crippen LogP contribution in [0.1, 0.15) is 52.4 Å². The van der Waals surface area contributed by atoms with Gasteiger partial charge in [0.1, 0.15) is 0 Å². The molecule has 1 aliphatic carbocycles. The molecule has 2 aliphatic rings. The maximum Gasteiger partial charge on any atom is 0.227 e. The molecule has 0 radical (unpaired) electrons. The lowest BCUT2D eigenvalue weighted by atomic mass is 9.77. The lowest BCUT2D eigenvalue weighted by Crippen LogP contribution is -2.36. The summed E-state index contributed by atoms with van der Waals surface area (Å²) in [6.45, 7) is -8.87. The number of carbonyl (C=O) groups is 1. The first kappa shape index (κ1) is 12.7. The summed E-state index contributed by atoms with van der Waals surface area (Å²) in [5.74, 6) is -1.47. The summed E-state index contributed by atoms with van der Waals surface area (Å²) in [5.41, 5.74) is 2.04. The molecule has 1 amide bonds. The van der Waals surface area contributed by atoms with Gasteiger partial charge in [0.05, 0.1) is 42.9 Å². The van der Waals surface area contributed by atoms with Gasteiger partial charge < -0.3 is 28.7 Å². The molecule has 0 bridgehead atoms. The van der Waals surface area contributed by atoms with Gasteiger partial charge in [-0.25, -0.2) is 0 Å².